The first kappa shape index (κ1) is 20.6. The lowest BCUT2D eigenvalue weighted by Crippen LogP contribution is -2.44. The van der Waals surface area contributed by atoms with E-state index in [2.05, 4.69) is 86.0 Å². The molecule has 3 nitrogen and oxygen atoms in total. The number of hydrogen-bond acceptors (Lipinski definition) is 2. The van der Waals surface area contributed by atoms with E-state index in [1.165, 1.54) is 0 Å². The minimum Gasteiger partial charge on any atom is -0.339 e. The highest BCUT2D eigenvalue weighted by Crippen LogP contribution is 2.47. The molecule has 1 heterocycles. The Morgan fingerprint density at radius 2 is 1.46 bits per heavy atom. The first-order valence-corrected chi connectivity index (χ1v) is 10.7. The molecular weight excluding hydrogens is 344 g/mol. The standard InChI is InChI=1S/C25H34N2O/c1-5-26(6-2)18-17-23-19-27(20(3)4)24(28)25(23,21-13-9-7-10-14-21)22-15-11-8-12-16-22/h7-16,20,23H,5-6,17-19H2,1-4H3/t23-/m0/s1. The normalized spacial score (nSPS) is 19.0. The number of likely N-dealkylation sites (tertiary alicyclic amines) is 1. The predicted molar refractivity (Wildman–Crippen MR) is 116 cm³/mol. The maximum atomic E-state index is 14.0. The highest BCUT2D eigenvalue weighted by molar-refractivity contribution is 5.95. The molecule has 150 valence electrons. The van der Waals surface area contributed by atoms with E-state index in [1.807, 2.05) is 12.1 Å². The van der Waals surface area contributed by atoms with Gasteiger partial charge in [-0.2, -0.15) is 0 Å². The number of nitrogens with zero attached hydrogens (tertiary/aromatic N) is 2. The Morgan fingerprint density at radius 1 is 0.964 bits per heavy atom. The van der Waals surface area contributed by atoms with Gasteiger partial charge in [-0.1, -0.05) is 74.5 Å². The molecule has 3 heteroatoms. The Hall–Kier alpha value is -2.13. The fourth-order valence-electron chi connectivity index (χ4n) is 4.78. The third-order valence-electron chi connectivity index (χ3n) is 6.40. The van der Waals surface area contributed by atoms with E-state index in [4.69, 9.17) is 0 Å². The molecule has 0 radical (unpaired) electrons. The van der Waals surface area contributed by atoms with Crippen molar-refractivity contribution in [3.63, 3.8) is 0 Å². The summed E-state index contributed by atoms with van der Waals surface area (Å²) >= 11 is 0. The van der Waals surface area contributed by atoms with E-state index < -0.39 is 5.41 Å². The molecule has 1 atom stereocenters. The second-order valence-corrected chi connectivity index (χ2v) is 8.10. The van der Waals surface area contributed by atoms with Crippen LogP contribution >= 0.6 is 0 Å². The van der Waals surface area contributed by atoms with Gasteiger partial charge < -0.3 is 9.80 Å². The van der Waals surface area contributed by atoms with Crippen molar-refractivity contribution < 1.29 is 4.79 Å². The van der Waals surface area contributed by atoms with Crippen LogP contribution in [0.15, 0.2) is 60.7 Å². The molecule has 0 saturated carbocycles. The quantitative estimate of drug-likeness (QED) is 0.672. The maximum Gasteiger partial charge on any atom is 0.238 e. The highest BCUT2D eigenvalue weighted by Gasteiger charge is 2.56. The lowest BCUT2D eigenvalue weighted by Gasteiger charge is -2.35. The summed E-state index contributed by atoms with van der Waals surface area (Å²) in [6.07, 6.45) is 1.01. The van der Waals surface area contributed by atoms with Crippen LogP contribution in [-0.2, 0) is 10.2 Å². The van der Waals surface area contributed by atoms with Crippen LogP contribution in [0.3, 0.4) is 0 Å². The molecule has 0 spiro atoms. The zero-order chi connectivity index (χ0) is 20.1. The number of carbonyl (C=O) groups excluding carboxylic acids is 1. The molecule has 0 N–H and O–H groups in total. The van der Waals surface area contributed by atoms with E-state index in [0.717, 1.165) is 43.7 Å². The lowest BCUT2D eigenvalue weighted by atomic mass is 9.66. The summed E-state index contributed by atoms with van der Waals surface area (Å²) in [5, 5.41) is 0. The Bertz CT molecular complexity index is 713. The predicted octanol–water partition coefficient (Wildman–Crippen LogP) is 4.57. The number of carbonyl (C=O) groups is 1. The van der Waals surface area contributed by atoms with Crippen LogP contribution in [0.5, 0.6) is 0 Å². The van der Waals surface area contributed by atoms with E-state index in [0.29, 0.717) is 0 Å². The lowest BCUT2D eigenvalue weighted by molar-refractivity contribution is -0.132. The Balaban J connectivity index is 2.12. The Morgan fingerprint density at radius 3 is 1.89 bits per heavy atom. The van der Waals surface area contributed by atoms with Crippen LogP contribution in [0.2, 0.25) is 0 Å². The number of hydrogen-bond donors (Lipinski definition) is 0. The molecule has 0 aromatic heterocycles. The van der Waals surface area contributed by atoms with Gasteiger partial charge in [-0.15, -0.1) is 0 Å². The zero-order valence-electron chi connectivity index (χ0n) is 17.8. The summed E-state index contributed by atoms with van der Waals surface area (Å²) in [5.41, 5.74) is 1.65. The molecule has 1 aliphatic rings. The fourth-order valence-corrected chi connectivity index (χ4v) is 4.78. The van der Waals surface area contributed by atoms with E-state index >= 15 is 0 Å². The van der Waals surface area contributed by atoms with Gasteiger partial charge in [-0.3, -0.25) is 4.79 Å². The van der Waals surface area contributed by atoms with E-state index in [9.17, 15) is 4.79 Å². The smallest absolute Gasteiger partial charge is 0.238 e. The van der Waals surface area contributed by atoms with Gasteiger partial charge in [-0.05, 0) is 51.0 Å². The first-order valence-electron chi connectivity index (χ1n) is 10.7. The zero-order valence-corrected chi connectivity index (χ0v) is 17.8. The van der Waals surface area contributed by atoms with Crippen molar-refractivity contribution in [2.75, 3.05) is 26.2 Å². The van der Waals surface area contributed by atoms with Gasteiger partial charge in [0.25, 0.3) is 0 Å². The fraction of sp³-hybridized carbons (Fsp3) is 0.480. The van der Waals surface area contributed by atoms with Crippen molar-refractivity contribution >= 4 is 5.91 Å². The second-order valence-electron chi connectivity index (χ2n) is 8.10. The van der Waals surface area contributed by atoms with Crippen molar-refractivity contribution in [3.8, 4) is 0 Å². The summed E-state index contributed by atoms with van der Waals surface area (Å²) in [6.45, 7) is 12.6. The van der Waals surface area contributed by atoms with Gasteiger partial charge in [0.15, 0.2) is 0 Å². The maximum absolute atomic E-state index is 14.0. The minimum absolute atomic E-state index is 0.206. The number of benzene rings is 2. The Kier molecular flexibility index (Phi) is 6.56. The average Bonchev–Trinajstić information content (AvgIpc) is 3.03. The summed E-state index contributed by atoms with van der Waals surface area (Å²) < 4.78 is 0. The van der Waals surface area contributed by atoms with Gasteiger partial charge in [-0.25, -0.2) is 0 Å². The van der Waals surface area contributed by atoms with Crippen molar-refractivity contribution in [3.05, 3.63) is 71.8 Å². The SMILES string of the molecule is CCN(CC)CC[C@H]1CN(C(C)C)C(=O)C1(c1ccccc1)c1ccccc1. The molecule has 1 amide bonds. The van der Waals surface area contributed by atoms with Crippen LogP contribution in [0.25, 0.3) is 0 Å². The van der Waals surface area contributed by atoms with Crippen LogP contribution in [-0.4, -0.2) is 47.9 Å². The topological polar surface area (TPSA) is 23.6 Å². The number of amides is 1. The molecule has 0 bridgehead atoms. The first-order chi connectivity index (χ1) is 13.6. The molecule has 0 unspecified atom stereocenters. The third-order valence-corrected chi connectivity index (χ3v) is 6.40. The summed E-state index contributed by atoms with van der Waals surface area (Å²) in [5.74, 6) is 0.511. The van der Waals surface area contributed by atoms with Crippen molar-refractivity contribution in [2.45, 2.75) is 45.6 Å². The van der Waals surface area contributed by atoms with E-state index in [1.54, 1.807) is 0 Å². The molecule has 3 rings (SSSR count). The van der Waals surface area contributed by atoms with Crippen LogP contribution < -0.4 is 0 Å². The molecule has 1 fully saturated rings. The van der Waals surface area contributed by atoms with Crippen molar-refractivity contribution in [1.29, 1.82) is 0 Å². The molecule has 1 aliphatic heterocycles. The second kappa shape index (κ2) is 8.91. The van der Waals surface area contributed by atoms with Crippen molar-refractivity contribution in [2.24, 2.45) is 5.92 Å². The van der Waals surface area contributed by atoms with Gasteiger partial charge in [0.2, 0.25) is 5.91 Å². The van der Waals surface area contributed by atoms with Gasteiger partial charge in [0, 0.05) is 18.5 Å². The van der Waals surface area contributed by atoms with Crippen LogP contribution in [0.4, 0.5) is 0 Å². The summed E-state index contributed by atoms with van der Waals surface area (Å²) in [4.78, 5) is 18.5. The Labute approximate surface area is 170 Å². The van der Waals surface area contributed by atoms with Gasteiger partial charge in [0.1, 0.15) is 5.41 Å². The largest absolute Gasteiger partial charge is 0.339 e. The molecule has 2 aromatic rings. The third kappa shape index (κ3) is 3.60. The number of rotatable bonds is 8. The summed E-state index contributed by atoms with van der Waals surface area (Å²) in [6, 6.07) is 21.1. The average molecular weight is 379 g/mol. The van der Waals surface area contributed by atoms with Crippen LogP contribution in [0, 0.1) is 5.92 Å². The summed E-state index contributed by atoms with van der Waals surface area (Å²) in [7, 11) is 0. The molecule has 2 aromatic carbocycles. The highest BCUT2D eigenvalue weighted by atomic mass is 16.2. The van der Waals surface area contributed by atoms with Gasteiger partial charge >= 0.3 is 0 Å². The van der Waals surface area contributed by atoms with E-state index in [-0.39, 0.29) is 17.9 Å². The molecule has 1 saturated heterocycles. The van der Waals surface area contributed by atoms with Gasteiger partial charge in [0.05, 0.1) is 0 Å². The van der Waals surface area contributed by atoms with Crippen LogP contribution in [0.1, 0.15) is 45.2 Å². The minimum atomic E-state index is -0.597. The monoisotopic (exact) mass is 378 g/mol. The molecular formula is C25H34N2O. The molecule has 28 heavy (non-hydrogen) atoms. The van der Waals surface area contributed by atoms with Crippen molar-refractivity contribution in [1.82, 2.24) is 9.80 Å². The molecule has 0 aliphatic carbocycles.